The van der Waals surface area contributed by atoms with E-state index in [1.807, 2.05) is 29.5 Å². The zero-order valence-corrected chi connectivity index (χ0v) is 14.2. The van der Waals surface area contributed by atoms with Crippen LogP contribution in [0.15, 0.2) is 10.7 Å². The largest absolute Gasteiger partial charge is 0.313 e. The highest BCUT2D eigenvalue weighted by Gasteiger charge is 2.13. The second-order valence-corrected chi connectivity index (χ2v) is 5.85. The van der Waals surface area contributed by atoms with E-state index < -0.39 is 0 Å². The van der Waals surface area contributed by atoms with Crippen molar-refractivity contribution in [3.05, 3.63) is 33.3 Å². The lowest BCUT2D eigenvalue weighted by Gasteiger charge is -2.07. The maximum absolute atomic E-state index is 4.50. The van der Waals surface area contributed by atoms with Crippen molar-refractivity contribution in [2.45, 2.75) is 40.3 Å². The van der Waals surface area contributed by atoms with Crippen molar-refractivity contribution in [3.63, 3.8) is 0 Å². The van der Waals surface area contributed by atoms with Crippen LogP contribution in [0.3, 0.4) is 0 Å². The van der Waals surface area contributed by atoms with E-state index >= 15 is 0 Å². The van der Waals surface area contributed by atoms with Gasteiger partial charge in [-0.05, 0) is 42.7 Å². The van der Waals surface area contributed by atoms with Gasteiger partial charge in [0, 0.05) is 24.8 Å². The van der Waals surface area contributed by atoms with Crippen molar-refractivity contribution in [3.8, 4) is 0 Å². The van der Waals surface area contributed by atoms with Gasteiger partial charge in [-0.25, -0.2) is 0 Å². The van der Waals surface area contributed by atoms with E-state index in [-0.39, 0.29) is 0 Å². The van der Waals surface area contributed by atoms with Gasteiger partial charge in [-0.3, -0.25) is 9.36 Å². The summed E-state index contributed by atoms with van der Waals surface area (Å²) in [5, 5.41) is 12.3. The fraction of sp³-hybridized carbons (Fsp3) is 0.571. The molecule has 0 bridgehead atoms. The van der Waals surface area contributed by atoms with E-state index in [0.29, 0.717) is 0 Å². The first-order chi connectivity index (χ1) is 9.54. The number of aromatic nitrogens is 4. The maximum Gasteiger partial charge on any atom is 0.0842 e. The molecule has 0 amide bonds. The van der Waals surface area contributed by atoms with Crippen molar-refractivity contribution >= 4 is 15.9 Å². The molecule has 6 heteroatoms. The number of rotatable bonds is 6. The van der Waals surface area contributed by atoms with Crippen LogP contribution in [-0.4, -0.2) is 26.1 Å². The standard InChI is InChI=1S/C14H22BrN5/c1-5-6-16-7-12-8-17-20(11(12)3)9-13-14(15)10(2)18-19(13)4/h8,16H,5-7,9H2,1-4H3. The number of hydrogen-bond donors (Lipinski definition) is 1. The molecular formula is C14H22BrN5. The minimum absolute atomic E-state index is 0.734. The van der Waals surface area contributed by atoms with Gasteiger partial charge in [0.15, 0.2) is 0 Å². The van der Waals surface area contributed by atoms with Gasteiger partial charge in [0.1, 0.15) is 0 Å². The van der Waals surface area contributed by atoms with E-state index in [4.69, 9.17) is 0 Å². The Morgan fingerprint density at radius 1 is 1.35 bits per heavy atom. The van der Waals surface area contributed by atoms with Gasteiger partial charge in [-0.15, -0.1) is 0 Å². The topological polar surface area (TPSA) is 47.7 Å². The Labute approximate surface area is 128 Å². The molecule has 2 rings (SSSR count). The van der Waals surface area contributed by atoms with Gasteiger partial charge in [0.25, 0.3) is 0 Å². The number of halogens is 1. The smallest absolute Gasteiger partial charge is 0.0842 e. The van der Waals surface area contributed by atoms with E-state index in [9.17, 15) is 0 Å². The van der Waals surface area contributed by atoms with Gasteiger partial charge in [0.2, 0.25) is 0 Å². The first-order valence-electron chi connectivity index (χ1n) is 6.94. The average Bonchev–Trinajstić information content (AvgIpc) is 2.87. The Balaban J connectivity index is 2.14. The third-order valence-electron chi connectivity index (χ3n) is 3.51. The molecule has 0 saturated heterocycles. The molecule has 110 valence electrons. The fourth-order valence-electron chi connectivity index (χ4n) is 2.21. The summed E-state index contributed by atoms with van der Waals surface area (Å²) in [5.41, 5.74) is 4.62. The molecule has 0 aromatic carbocycles. The monoisotopic (exact) mass is 339 g/mol. The van der Waals surface area contributed by atoms with Crippen molar-refractivity contribution in [1.29, 1.82) is 0 Å². The third-order valence-corrected chi connectivity index (χ3v) is 4.54. The van der Waals surface area contributed by atoms with Crippen molar-refractivity contribution in [1.82, 2.24) is 24.9 Å². The highest BCUT2D eigenvalue weighted by Crippen LogP contribution is 2.21. The summed E-state index contributed by atoms with van der Waals surface area (Å²) in [4.78, 5) is 0. The van der Waals surface area contributed by atoms with Gasteiger partial charge in [0.05, 0.1) is 28.6 Å². The van der Waals surface area contributed by atoms with Crippen LogP contribution in [0.1, 0.15) is 36.0 Å². The Morgan fingerprint density at radius 2 is 2.10 bits per heavy atom. The molecule has 1 N–H and O–H groups in total. The molecule has 0 saturated carbocycles. The highest BCUT2D eigenvalue weighted by molar-refractivity contribution is 9.10. The second kappa shape index (κ2) is 6.54. The molecule has 0 aliphatic heterocycles. The molecule has 0 radical (unpaired) electrons. The molecule has 20 heavy (non-hydrogen) atoms. The average molecular weight is 340 g/mol. The molecule has 2 aromatic rings. The van der Waals surface area contributed by atoms with Crippen LogP contribution in [0.5, 0.6) is 0 Å². The fourth-order valence-corrected chi connectivity index (χ4v) is 2.67. The van der Waals surface area contributed by atoms with Crippen LogP contribution >= 0.6 is 15.9 Å². The SMILES string of the molecule is CCCNCc1cnn(Cc2c(Br)c(C)nn2C)c1C. The van der Waals surface area contributed by atoms with E-state index in [0.717, 1.165) is 41.9 Å². The van der Waals surface area contributed by atoms with Gasteiger partial charge >= 0.3 is 0 Å². The maximum atomic E-state index is 4.50. The molecule has 0 spiro atoms. The van der Waals surface area contributed by atoms with E-state index in [2.05, 4.69) is 45.3 Å². The van der Waals surface area contributed by atoms with Crippen LogP contribution < -0.4 is 5.32 Å². The molecule has 0 aliphatic carbocycles. The first kappa shape index (κ1) is 15.3. The van der Waals surface area contributed by atoms with Crippen LogP contribution in [0, 0.1) is 13.8 Å². The molecule has 2 heterocycles. The summed E-state index contributed by atoms with van der Waals surface area (Å²) in [6.07, 6.45) is 3.10. The van der Waals surface area contributed by atoms with E-state index in [1.165, 1.54) is 11.3 Å². The zero-order valence-electron chi connectivity index (χ0n) is 12.6. The Morgan fingerprint density at radius 3 is 2.70 bits per heavy atom. The molecule has 0 atom stereocenters. The number of nitrogens with zero attached hydrogens (tertiary/aromatic N) is 4. The molecular weight excluding hydrogens is 318 g/mol. The van der Waals surface area contributed by atoms with E-state index in [1.54, 1.807) is 0 Å². The molecule has 0 aliphatic rings. The van der Waals surface area contributed by atoms with Crippen molar-refractivity contribution < 1.29 is 0 Å². The van der Waals surface area contributed by atoms with Crippen molar-refractivity contribution in [2.24, 2.45) is 7.05 Å². The molecule has 5 nitrogen and oxygen atoms in total. The summed E-state index contributed by atoms with van der Waals surface area (Å²) in [5.74, 6) is 0. The Bertz CT molecular complexity index is 585. The minimum atomic E-state index is 0.734. The Kier molecular flexibility index (Phi) is 4.99. The predicted octanol–water partition coefficient (Wildman–Crippen LogP) is 2.54. The lowest BCUT2D eigenvalue weighted by atomic mass is 10.2. The predicted molar refractivity (Wildman–Crippen MR) is 83.7 cm³/mol. The number of nitrogens with one attached hydrogen (secondary N) is 1. The lowest BCUT2D eigenvalue weighted by Crippen LogP contribution is -2.15. The Hall–Kier alpha value is -1.14. The first-order valence-corrected chi connectivity index (χ1v) is 7.73. The van der Waals surface area contributed by atoms with Crippen LogP contribution in [-0.2, 0) is 20.1 Å². The normalized spacial score (nSPS) is 11.2. The van der Waals surface area contributed by atoms with Gasteiger partial charge in [-0.2, -0.15) is 10.2 Å². The van der Waals surface area contributed by atoms with Gasteiger partial charge in [-0.1, -0.05) is 6.92 Å². The van der Waals surface area contributed by atoms with Crippen LogP contribution in [0.2, 0.25) is 0 Å². The summed E-state index contributed by atoms with van der Waals surface area (Å²) >= 11 is 3.60. The summed E-state index contributed by atoms with van der Waals surface area (Å²) < 4.78 is 5.01. The quantitative estimate of drug-likeness (QED) is 0.822. The van der Waals surface area contributed by atoms with Crippen LogP contribution in [0.25, 0.3) is 0 Å². The second-order valence-electron chi connectivity index (χ2n) is 5.06. The molecule has 0 fully saturated rings. The summed E-state index contributed by atoms with van der Waals surface area (Å²) in [6, 6.07) is 0. The summed E-state index contributed by atoms with van der Waals surface area (Å²) in [7, 11) is 1.97. The molecule has 0 unspecified atom stereocenters. The zero-order chi connectivity index (χ0) is 14.7. The number of hydrogen-bond acceptors (Lipinski definition) is 3. The number of aryl methyl sites for hydroxylation is 2. The van der Waals surface area contributed by atoms with Crippen LogP contribution in [0.4, 0.5) is 0 Å². The van der Waals surface area contributed by atoms with Gasteiger partial charge < -0.3 is 5.32 Å². The molecule has 2 aromatic heterocycles. The minimum Gasteiger partial charge on any atom is -0.313 e. The third kappa shape index (κ3) is 3.12. The summed E-state index contributed by atoms with van der Waals surface area (Å²) in [6.45, 7) is 8.95. The highest BCUT2D eigenvalue weighted by atomic mass is 79.9. The van der Waals surface area contributed by atoms with Crippen molar-refractivity contribution in [2.75, 3.05) is 6.54 Å². The lowest BCUT2D eigenvalue weighted by molar-refractivity contribution is 0.602.